The highest BCUT2D eigenvalue weighted by molar-refractivity contribution is 7.73. The van der Waals surface area contributed by atoms with Gasteiger partial charge in [-0.15, -0.1) is 0 Å². The lowest BCUT2D eigenvalue weighted by molar-refractivity contribution is 0.0998. The molecule has 0 atom stereocenters. The Balaban J connectivity index is 3.68. The van der Waals surface area contributed by atoms with E-state index >= 15 is 0 Å². The molecular weight excluding hydrogens is 488 g/mol. The van der Waals surface area contributed by atoms with Gasteiger partial charge in [-0.2, -0.15) is 0 Å². The third-order valence-corrected chi connectivity index (χ3v) is 8.10. The molecule has 0 heterocycles. The first kappa shape index (κ1) is 26.8. The van der Waals surface area contributed by atoms with Crippen molar-refractivity contribution >= 4 is 61.0 Å². The van der Waals surface area contributed by atoms with Crippen LogP contribution in [0.15, 0.2) is 6.07 Å². The SMILES string of the molecule is CCOP(=O)(OCC)C(=O)c1c(Cl)cc(Cl)c(C(=O)P(=O)(OCC)OCC)c1Cl. The Morgan fingerprint density at radius 3 is 1.24 bits per heavy atom. The van der Waals surface area contributed by atoms with Crippen LogP contribution in [-0.2, 0) is 27.2 Å². The highest BCUT2D eigenvalue weighted by atomic mass is 35.5. The molecule has 29 heavy (non-hydrogen) atoms. The molecule has 0 unspecified atom stereocenters. The Bertz CT molecular complexity index is 788. The largest absolute Gasteiger partial charge is 0.401 e. The van der Waals surface area contributed by atoms with Crippen molar-refractivity contribution in [2.45, 2.75) is 27.7 Å². The predicted molar refractivity (Wildman–Crippen MR) is 112 cm³/mol. The summed E-state index contributed by atoms with van der Waals surface area (Å²) in [6, 6.07) is 1.04. The van der Waals surface area contributed by atoms with Gasteiger partial charge < -0.3 is 18.1 Å². The van der Waals surface area contributed by atoms with E-state index in [0.29, 0.717) is 0 Å². The second-order valence-corrected chi connectivity index (χ2v) is 10.2. The Labute approximate surface area is 184 Å². The first-order valence-electron chi connectivity index (χ1n) is 8.58. The summed E-state index contributed by atoms with van der Waals surface area (Å²) in [6.07, 6.45) is 0. The van der Waals surface area contributed by atoms with E-state index in [0.717, 1.165) is 6.07 Å². The molecule has 0 spiro atoms. The molecule has 13 heteroatoms. The van der Waals surface area contributed by atoms with Gasteiger partial charge in [-0.3, -0.25) is 18.7 Å². The van der Waals surface area contributed by atoms with Crippen LogP contribution in [0.3, 0.4) is 0 Å². The van der Waals surface area contributed by atoms with Gasteiger partial charge in [0.2, 0.25) is 0 Å². The lowest BCUT2D eigenvalue weighted by atomic mass is 10.1. The van der Waals surface area contributed by atoms with E-state index in [9.17, 15) is 18.7 Å². The summed E-state index contributed by atoms with van der Waals surface area (Å²) in [5.74, 6) is 0. The van der Waals surface area contributed by atoms with Crippen LogP contribution in [0.25, 0.3) is 0 Å². The smallest absolute Gasteiger partial charge is 0.303 e. The first-order valence-corrected chi connectivity index (χ1v) is 12.8. The minimum absolute atomic E-state index is 0.0957. The van der Waals surface area contributed by atoms with Crippen LogP contribution >= 0.6 is 50.0 Å². The maximum atomic E-state index is 12.9. The van der Waals surface area contributed by atoms with Gasteiger partial charge in [-0.1, -0.05) is 34.8 Å². The van der Waals surface area contributed by atoms with Gasteiger partial charge in [0.05, 0.1) is 52.6 Å². The maximum Gasteiger partial charge on any atom is 0.401 e. The van der Waals surface area contributed by atoms with Crippen LogP contribution in [0.4, 0.5) is 0 Å². The van der Waals surface area contributed by atoms with E-state index in [4.69, 9.17) is 52.9 Å². The Morgan fingerprint density at radius 2 is 1.00 bits per heavy atom. The molecule has 0 N–H and O–H groups in total. The van der Waals surface area contributed by atoms with Crippen molar-refractivity contribution in [3.8, 4) is 0 Å². The molecule has 0 bridgehead atoms. The Morgan fingerprint density at radius 1 is 0.724 bits per heavy atom. The van der Waals surface area contributed by atoms with Crippen molar-refractivity contribution in [1.82, 2.24) is 0 Å². The zero-order valence-electron chi connectivity index (χ0n) is 16.2. The van der Waals surface area contributed by atoms with Gasteiger partial charge in [0.15, 0.2) is 0 Å². The van der Waals surface area contributed by atoms with E-state index in [1.165, 1.54) is 27.7 Å². The fraction of sp³-hybridized carbons (Fsp3) is 0.500. The number of carbonyl (C=O) groups excluding carboxylic acids is 2. The van der Waals surface area contributed by atoms with E-state index < -0.39 is 42.4 Å². The average molecular weight is 510 g/mol. The fourth-order valence-electron chi connectivity index (χ4n) is 2.25. The quantitative estimate of drug-likeness (QED) is 0.296. The molecule has 0 amide bonds. The second-order valence-electron chi connectivity index (χ2n) is 5.18. The third-order valence-electron chi connectivity index (χ3n) is 3.29. The van der Waals surface area contributed by atoms with E-state index in [2.05, 4.69) is 0 Å². The molecule has 0 aliphatic heterocycles. The van der Waals surface area contributed by atoms with Gasteiger partial charge in [0, 0.05) is 0 Å². The lowest BCUT2D eigenvalue weighted by Gasteiger charge is -2.20. The molecule has 1 rings (SSSR count). The summed E-state index contributed by atoms with van der Waals surface area (Å²) in [7, 11) is -8.62. The van der Waals surface area contributed by atoms with E-state index in [1.54, 1.807) is 0 Å². The Kier molecular flexibility index (Phi) is 10.5. The van der Waals surface area contributed by atoms with Gasteiger partial charge in [0.25, 0.3) is 11.0 Å². The highest BCUT2D eigenvalue weighted by Crippen LogP contribution is 2.56. The molecular formula is C16H21Cl3O8P2. The summed E-state index contributed by atoms with van der Waals surface area (Å²) >= 11 is 18.4. The number of rotatable bonds is 12. The summed E-state index contributed by atoms with van der Waals surface area (Å²) in [5, 5.41) is -1.13. The van der Waals surface area contributed by atoms with Crippen molar-refractivity contribution < 1.29 is 36.8 Å². The predicted octanol–water partition coefficient (Wildman–Crippen LogP) is 6.46. The van der Waals surface area contributed by atoms with Gasteiger partial charge in [-0.05, 0) is 33.8 Å². The zero-order valence-corrected chi connectivity index (χ0v) is 20.3. The summed E-state index contributed by atoms with van der Waals surface area (Å²) in [5.41, 5.74) is -3.34. The van der Waals surface area contributed by atoms with Crippen LogP contribution in [0.5, 0.6) is 0 Å². The molecule has 1 aromatic carbocycles. The number of carbonyl (C=O) groups is 2. The van der Waals surface area contributed by atoms with Crippen LogP contribution < -0.4 is 0 Å². The van der Waals surface area contributed by atoms with E-state index in [-0.39, 0.29) is 36.5 Å². The average Bonchev–Trinajstić information content (AvgIpc) is 2.61. The van der Waals surface area contributed by atoms with Crippen molar-refractivity contribution in [2.75, 3.05) is 26.4 Å². The summed E-state index contributed by atoms with van der Waals surface area (Å²) in [6.45, 7) is 5.67. The van der Waals surface area contributed by atoms with Crippen LogP contribution in [0.1, 0.15) is 48.4 Å². The normalized spacial score (nSPS) is 12.2. The fourth-order valence-corrected chi connectivity index (χ4v) is 6.61. The van der Waals surface area contributed by atoms with Gasteiger partial charge >= 0.3 is 15.2 Å². The first-order chi connectivity index (χ1) is 13.5. The molecule has 1 aromatic rings. The van der Waals surface area contributed by atoms with Crippen molar-refractivity contribution in [2.24, 2.45) is 0 Å². The molecule has 0 saturated heterocycles. The molecule has 164 valence electrons. The standard InChI is InChI=1S/C16H21Cl3O8P2/c1-5-24-28(22,25-6-2)15(20)12-10(17)9-11(18)13(14(12)19)16(21)29(23,26-7-3)27-8-4/h9H,5-8H2,1-4H3. The molecule has 0 aromatic heterocycles. The topological polar surface area (TPSA) is 105 Å². The minimum Gasteiger partial charge on any atom is -0.303 e. The zero-order chi connectivity index (χ0) is 22.4. The molecule has 0 fully saturated rings. The van der Waals surface area contributed by atoms with Gasteiger partial charge in [-0.25, -0.2) is 0 Å². The third kappa shape index (κ3) is 5.91. The van der Waals surface area contributed by atoms with Gasteiger partial charge in [0.1, 0.15) is 0 Å². The monoisotopic (exact) mass is 508 g/mol. The number of hydrogen-bond donors (Lipinski definition) is 0. The molecule has 8 nitrogen and oxygen atoms in total. The summed E-state index contributed by atoms with van der Waals surface area (Å²) in [4.78, 5) is 25.8. The molecule has 0 aliphatic carbocycles. The molecule has 0 aliphatic rings. The second kappa shape index (κ2) is 11.4. The number of halogens is 3. The van der Waals surface area contributed by atoms with Crippen molar-refractivity contribution in [3.05, 3.63) is 32.3 Å². The summed E-state index contributed by atoms with van der Waals surface area (Å²) < 4.78 is 45.8. The maximum absolute atomic E-state index is 12.9. The number of benzene rings is 1. The van der Waals surface area contributed by atoms with Crippen LogP contribution in [-0.4, -0.2) is 37.5 Å². The van der Waals surface area contributed by atoms with Crippen molar-refractivity contribution in [1.29, 1.82) is 0 Å². The van der Waals surface area contributed by atoms with Crippen LogP contribution in [0.2, 0.25) is 15.1 Å². The molecule has 0 saturated carbocycles. The van der Waals surface area contributed by atoms with Crippen LogP contribution in [0, 0.1) is 0 Å². The highest BCUT2D eigenvalue weighted by Gasteiger charge is 2.43. The number of hydrogen-bond acceptors (Lipinski definition) is 8. The van der Waals surface area contributed by atoms with Crippen molar-refractivity contribution in [3.63, 3.8) is 0 Å². The minimum atomic E-state index is -4.31. The molecule has 0 radical (unpaired) electrons. The van der Waals surface area contributed by atoms with E-state index in [1.807, 2.05) is 0 Å². The Hall–Kier alpha value is -0.270. The lowest BCUT2D eigenvalue weighted by Crippen LogP contribution is -2.13.